The summed E-state index contributed by atoms with van der Waals surface area (Å²) in [5.74, 6) is -3.70. The molecule has 1 saturated heterocycles. The summed E-state index contributed by atoms with van der Waals surface area (Å²) >= 11 is 6.40. The van der Waals surface area contributed by atoms with Crippen LogP contribution in [0.1, 0.15) is 17.2 Å². The van der Waals surface area contributed by atoms with Crippen molar-refractivity contribution in [1.29, 1.82) is 0 Å². The van der Waals surface area contributed by atoms with Crippen LogP contribution in [0.3, 0.4) is 0 Å². The number of aliphatic hydroxyl groups is 1. The Labute approximate surface area is 210 Å². The Hall–Kier alpha value is -4.22. The Morgan fingerprint density at radius 1 is 0.972 bits per heavy atom. The first kappa shape index (κ1) is 24.9. The summed E-state index contributed by atoms with van der Waals surface area (Å²) in [5.41, 5.74) is 10.7. The zero-order valence-electron chi connectivity index (χ0n) is 18.3. The molecular weight excluding hydrogens is 511 g/mol. The second kappa shape index (κ2) is 9.44. The van der Waals surface area contributed by atoms with Gasteiger partial charge in [0.2, 0.25) is 5.96 Å². The number of hydrogen-bond donors (Lipinski definition) is 3. The summed E-state index contributed by atoms with van der Waals surface area (Å²) < 4.78 is 41.2. The fourth-order valence-electron chi connectivity index (χ4n) is 3.82. The maximum absolute atomic E-state index is 13.4. The third-order valence-electron chi connectivity index (χ3n) is 5.40. The number of nitrogens with zero attached hydrogens (tertiary/aromatic N) is 2. The van der Waals surface area contributed by atoms with Gasteiger partial charge in [-0.3, -0.25) is 14.5 Å². The highest BCUT2D eigenvalue weighted by molar-refractivity contribution is 7.90. The van der Waals surface area contributed by atoms with Gasteiger partial charge in [0.1, 0.15) is 11.6 Å². The van der Waals surface area contributed by atoms with E-state index in [2.05, 4.69) is 4.40 Å². The fraction of sp³-hybridized carbons (Fsp3) is 0.0417. The number of guanidine groups is 1. The number of carbonyl (C=O) groups is 2. The number of rotatable bonds is 5. The minimum Gasteiger partial charge on any atom is -0.507 e. The molecule has 12 heteroatoms. The van der Waals surface area contributed by atoms with Crippen molar-refractivity contribution in [1.82, 2.24) is 0 Å². The van der Waals surface area contributed by atoms with Crippen LogP contribution >= 0.6 is 11.6 Å². The Kier molecular flexibility index (Phi) is 6.53. The van der Waals surface area contributed by atoms with Gasteiger partial charge in [0.15, 0.2) is 0 Å². The molecule has 0 bridgehead atoms. The minimum absolute atomic E-state index is 0.116. The Morgan fingerprint density at radius 3 is 2.17 bits per heavy atom. The van der Waals surface area contributed by atoms with Crippen LogP contribution in [0.2, 0.25) is 5.02 Å². The van der Waals surface area contributed by atoms with Crippen LogP contribution in [0.25, 0.3) is 5.76 Å². The Bertz CT molecular complexity index is 1530. The number of nitrogens with two attached hydrogens (primary N) is 2. The van der Waals surface area contributed by atoms with Crippen LogP contribution in [0.4, 0.5) is 10.1 Å². The van der Waals surface area contributed by atoms with Crippen molar-refractivity contribution >= 4 is 50.7 Å². The highest BCUT2D eigenvalue weighted by atomic mass is 35.5. The van der Waals surface area contributed by atoms with E-state index in [0.717, 1.165) is 17.0 Å². The molecule has 3 aromatic carbocycles. The standard InChI is InChI=1S/C24H18ClFN4O5S/c25-18-4-2-1-3-17(18)20-19(21(31)13-5-7-14(26)8-6-13)22(32)23(33)30(20)15-9-11-16(12-10-15)36(34,35)29-24(27)28/h1-12,20,31H,(H4,27,28,29)/b21-19+. The molecule has 0 spiro atoms. The van der Waals surface area contributed by atoms with Crippen LogP contribution in [0.5, 0.6) is 0 Å². The van der Waals surface area contributed by atoms with Gasteiger partial charge in [-0.05, 0) is 60.2 Å². The smallest absolute Gasteiger partial charge is 0.300 e. The van der Waals surface area contributed by atoms with Gasteiger partial charge in [-0.15, -0.1) is 4.40 Å². The second-order valence-corrected chi connectivity index (χ2v) is 9.69. The average molecular weight is 529 g/mol. The molecule has 5 N–H and O–H groups in total. The lowest BCUT2D eigenvalue weighted by Gasteiger charge is -2.26. The summed E-state index contributed by atoms with van der Waals surface area (Å²) in [6, 6.07) is 14.9. The summed E-state index contributed by atoms with van der Waals surface area (Å²) in [6.45, 7) is 0. The van der Waals surface area contributed by atoms with E-state index < -0.39 is 45.3 Å². The summed E-state index contributed by atoms with van der Waals surface area (Å²) in [6.07, 6.45) is 0. The first-order chi connectivity index (χ1) is 17.0. The predicted molar refractivity (Wildman–Crippen MR) is 132 cm³/mol. The molecule has 0 aromatic heterocycles. The van der Waals surface area contributed by atoms with E-state index in [-0.39, 0.29) is 26.7 Å². The number of carbonyl (C=O) groups excluding carboxylic acids is 2. The quantitative estimate of drug-likeness (QED) is 0.151. The first-order valence-electron chi connectivity index (χ1n) is 10.3. The number of anilines is 1. The summed E-state index contributed by atoms with van der Waals surface area (Å²) in [7, 11) is -4.19. The molecular formula is C24H18ClFN4O5S. The molecule has 1 aliphatic heterocycles. The van der Waals surface area contributed by atoms with E-state index in [4.69, 9.17) is 23.1 Å². The molecule has 4 rings (SSSR count). The number of aliphatic hydroxyl groups excluding tert-OH is 1. The van der Waals surface area contributed by atoms with Gasteiger partial charge < -0.3 is 16.6 Å². The molecule has 1 aliphatic rings. The van der Waals surface area contributed by atoms with E-state index in [1.54, 1.807) is 24.3 Å². The maximum Gasteiger partial charge on any atom is 0.300 e. The number of halogens is 2. The van der Waals surface area contributed by atoms with E-state index >= 15 is 0 Å². The highest BCUT2D eigenvalue weighted by Gasteiger charge is 2.47. The van der Waals surface area contributed by atoms with Gasteiger partial charge in [-0.1, -0.05) is 29.8 Å². The average Bonchev–Trinajstić information content (AvgIpc) is 3.09. The molecule has 1 amide bonds. The zero-order valence-corrected chi connectivity index (χ0v) is 19.9. The number of hydrogen-bond acceptors (Lipinski definition) is 5. The van der Waals surface area contributed by atoms with Crippen LogP contribution in [-0.4, -0.2) is 31.2 Å². The van der Waals surface area contributed by atoms with Crippen molar-refractivity contribution < 1.29 is 27.5 Å². The lowest BCUT2D eigenvalue weighted by atomic mass is 9.95. The van der Waals surface area contributed by atoms with Crippen LogP contribution in [-0.2, 0) is 19.6 Å². The van der Waals surface area contributed by atoms with Gasteiger partial charge >= 0.3 is 0 Å². The van der Waals surface area contributed by atoms with Crippen LogP contribution in [0, 0.1) is 5.82 Å². The molecule has 1 atom stereocenters. The lowest BCUT2D eigenvalue weighted by molar-refractivity contribution is -0.132. The largest absolute Gasteiger partial charge is 0.507 e. The predicted octanol–water partition coefficient (Wildman–Crippen LogP) is 3.07. The third kappa shape index (κ3) is 4.53. The van der Waals surface area contributed by atoms with Crippen molar-refractivity contribution in [3.05, 3.63) is 100 Å². The molecule has 36 heavy (non-hydrogen) atoms. The number of sulfonamides is 1. The van der Waals surface area contributed by atoms with Gasteiger partial charge in [-0.2, -0.15) is 8.42 Å². The van der Waals surface area contributed by atoms with Gasteiger partial charge in [0, 0.05) is 16.3 Å². The van der Waals surface area contributed by atoms with Crippen molar-refractivity contribution in [2.75, 3.05) is 4.90 Å². The summed E-state index contributed by atoms with van der Waals surface area (Å²) in [5, 5.41) is 11.2. The van der Waals surface area contributed by atoms with Crippen molar-refractivity contribution in [2.24, 2.45) is 15.9 Å². The second-order valence-electron chi connectivity index (χ2n) is 7.68. The van der Waals surface area contributed by atoms with E-state index in [0.29, 0.717) is 5.56 Å². The van der Waals surface area contributed by atoms with Crippen molar-refractivity contribution in [3.63, 3.8) is 0 Å². The van der Waals surface area contributed by atoms with E-state index in [9.17, 15) is 27.5 Å². The first-order valence-corrected chi connectivity index (χ1v) is 12.1. The highest BCUT2D eigenvalue weighted by Crippen LogP contribution is 2.44. The van der Waals surface area contributed by atoms with Gasteiger partial charge in [-0.25, -0.2) is 4.39 Å². The van der Waals surface area contributed by atoms with Crippen molar-refractivity contribution in [2.45, 2.75) is 10.9 Å². The number of benzene rings is 3. The molecule has 1 heterocycles. The van der Waals surface area contributed by atoms with E-state index in [1.165, 1.54) is 36.4 Å². The normalized spacial score (nSPS) is 17.3. The van der Waals surface area contributed by atoms with Crippen molar-refractivity contribution in [3.8, 4) is 0 Å². The molecule has 9 nitrogen and oxygen atoms in total. The molecule has 184 valence electrons. The molecule has 0 radical (unpaired) electrons. The summed E-state index contributed by atoms with van der Waals surface area (Å²) in [4.78, 5) is 27.2. The zero-order chi connectivity index (χ0) is 26.2. The minimum atomic E-state index is -4.19. The number of ketones is 1. The lowest BCUT2D eigenvalue weighted by Crippen LogP contribution is -2.29. The molecule has 0 aliphatic carbocycles. The number of amides is 1. The van der Waals surface area contributed by atoms with Gasteiger partial charge in [0.25, 0.3) is 21.7 Å². The Balaban J connectivity index is 1.90. The molecule has 1 fully saturated rings. The van der Waals surface area contributed by atoms with E-state index in [1.807, 2.05) is 0 Å². The van der Waals surface area contributed by atoms with Gasteiger partial charge in [0.05, 0.1) is 16.5 Å². The molecule has 1 unspecified atom stereocenters. The third-order valence-corrected chi connectivity index (χ3v) is 7.06. The number of Topliss-reactive ketones (excluding diaryl/α,β-unsaturated/α-hetero) is 1. The molecule has 0 saturated carbocycles. The SMILES string of the molecule is NC(N)=NS(=O)(=O)c1ccc(N2C(=O)C(=O)/C(=C(/O)c3ccc(F)cc3)C2c2ccccc2Cl)cc1. The van der Waals surface area contributed by atoms with Crippen LogP contribution < -0.4 is 16.4 Å². The monoisotopic (exact) mass is 528 g/mol. The maximum atomic E-state index is 13.4. The Morgan fingerprint density at radius 2 is 1.58 bits per heavy atom. The molecule has 3 aromatic rings. The fourth-order valence-corrected chi connectivity index (χ4v) is 4.93. The van der Waals surface area contributed by atoms with Crippen LogP contribution in [0.15, 0.2) is 87.7 Å². The topological polar surface area (TPSA) is 156 Å².